The van der Waals surface area contributed by atoms with E-state index in [4.69, 9.17) is 16.3 Å². The fourth-order valence-corrected chi connectivity index (χ4v) is 2.67. The second-order valence-corrected chi connectivity index (χ2v) is 6.45. The Morgan fingerprint density at radius 3 is 2.11 bits per heavy atom. The van der Waals surface area contributed by atoms with Gasteiger partial charge in [0.25, 0.3) is 0 Å². The minimum absolute atomic E-state index is 0.101. The summed E-state index contributed by atoms with van der Waals surface area (Å²) in [5.41, 5.74) is -1.07. The van der Waals surface area contributed by atoms with Crippen molar-refractivity contribution in [2.45, 2.75) is 33.8 Å². The first-order valence-corrected chi connectivity index (χ1v) is 6.56. The van der Waals surface area contributed by atoms with Crippen molar-refractivity contribution in [1.82, 2.24) is 0 Å². The molecule has 1 aliphatic heterocycles. The third kappa shape index (κ3) is 2.16. The smallest absolute Gasteiger partial charge is 0.319 e. The Hall–Kier alpha value is -1.35. The monoisotopic (exact) mass is 280 g/mol. The number of Topliss-reactive ketones (excluding diaryl/α,β-unsaturated/α-hetero) is 1. The molecule has 3 nitrogen and oxygen atoms in total. The fraction of sp³-hybridized carbons (Fsp3) is 0.467. The lowest BCUT2D eigenvalue weighted by Crippen LogP contribution is -2.52. The van der Waals surface area contributed by atoms with Gasteiger partial charge in [0.15, 0.2) is 5.78 Å². The lowest BCUT2D eigenvalue weighted by atomic mass is 9.67. The lowest BCUT2D eigenvalue weighted by Gasteiger charge is -2.43. The van der Waals surface area contributed by atoms with Crippen molar-refractivity contribution in [1.29, 1.82) is 0 Å². The number of benzene rings is 1. The van der Waals surface area contributed by atoms with E-state index in [-0.39, 0.29) is 5.78 Å². The Bertz CT molecular complexity index is 529. The molecule has 0 aromatic heterocycles. The van der Waals surface area contributed by atoms with Gasteiger partial charge in [-0.2, -0.15) is 0 Å². The highest BCUT2D eigenvalue weighted by atomic mass is 35.5. The molecule has 2 rings (SSSR count). The number of hydrogen-bond acceptors (Lipinski definition) is 3. The van der Waals surface area contributed by atoms with Gasteiger partial charge in [0, 0.05) is 5.02 Å². The van der Waals surface area contributed by atoms with Gasteiger partial charge in [-0.25, -0.2) is 0 Å². The number of carbonyl (C=O) groups is 2. The molecule has 1 heterocycles. The molecule has 19 heavy (non-hydrogen) atoms. The van der Waals surface area contributed by atoms with Gasteiger partial charge in [0.2, 0.25) is 0 Å². The number of ketones is 1. The van der Waals surface area contributed by atoms with Crippen LogP contribution in [0.15, 0.2) is 24.3 Å². The van der Waals surface area contributed by atoms with E-state index in [1.54, 1.807) is 38.1 Å². The number of rotatable bonds is 1. The van der Waals surface area contributed by atoms with Crippen molar-refractivity contribution < 1.29 is 14.3 Å². The van der Waals surface area contributed by atoms with Crippen LogP contribution in [0.4, 0.5) is 0 Å². The molecule has 0 amide bonds. The number of esters is 1. The maximum absolute atomic E-state index is 12.5. The number of halogens is 1. The molecule has 1 fully saturated rings. The van der Waals surface area contributed by atoms with E-state index >= 15 is 0 Å². The number of cyclic esters (lactones) is 1. The van der Waals surface area contributed by atoms with Crippen LogP contribution in [-0.4, -0.2) is 11.8 Å². The molecule has 0 radical (unpaired) electrons. The summed E-state index contributed by atoms with van der Waals surface area (Å²) in [7, 11) is 0. The van der Waals surface area contributed by atoms with E-state index in [0.717, 1.165) is 5.56 Å². The average molecular weight is 281 g/mol. The van der Waals surface area contributed by atoms with Crippen LogP contribution in [-0.2, 0) is 14.3 Å². The molecule has 0 saturated carbocycles. The maximum atomic E-state index is 12.5. The standard InChI is InChI=1S/C15H17ClO3/c1-14(2)11(9-5-7-10(16)8-6-9)19-13(18)15(3,4)12(14)17/h5-8,11H,1-4H3/t11-/m1/s1. The summed E-state index contributed by atoms with van der Waals surface area (Å²) in [6, 6.07) is 7.03. The zero-order valence-electron chi connectivity index (χ0n) is 11.5. The number of carbonyl (C=O) groups excluding carboxylic acids is 2. The third-order valence-corrected chi connectivity index (χ3v) is 3.97. The average Bonchev–Trinajstić information content (AvgIpc) is 2.34. The van der Waals surface area contributed by atoms with Gasteiger partial charge in [-0.05, 0) is 45.4 Å². The second-order valence-electron chi connectivity index (χ2n) is 6.01. The predicted octanol–water partition coefficient (Wildman–Crippen LogP) is 3.56. The molecule has 0 spiro atoms. The van der Waals surface area contributed by atoms with Crippen molar-refractivity contribution in [3.05, 3.63) is 34.9 Å². The van der Waals surface area contributed by atoms with E-state index < -0.39 is 22.9 Å². The van der Waals surface area contributed by atoms with Crippen LogP contribution in [0.5, 0.6) is 0 Å². The number of hydrogen-bond donors (Lipinski definition) is 0. The van der Waals surface area contributed by atoms with Crippen LogP contribution < -0.4 is 0 Å². The van der Waals surface area contributed by atoms with Crippen LogP contribution in [0.25, 0.3) is 0 Å². The predicted molar refractivity (Wildman–Crippen MR) is 72.9 cm³/mol. The van der Waals surface area contributed by atoms with Crippen LogP contribution in [0.1, 0.15) is 39.4 Å². The van der Waals surface area contributed by atoms with Gasteiger partial charge in [0.1, 0.15) is 11.5 Å². The molecule has 1 atom stereocenters. The summed E-state index contributed by atoms with van der Waals surface area (Å²) in [5, 5.41) is 0.607. The topological polar surface area (TPSA) is 43.4 Å². The third-order valence-electron chi connectivity index (χ3n) is 3.72. The zero-order valence-corrected chi connectivity index (χ0v) is 12.2. The van der Waals surface area contributed by atoms with Crippen molar-refractivity contribution in [2.24, 2.45) is 10.8 Å². The highest BCUT2D eigenvalue weighted by Gasteiger charge is 2.55. The quantitative estimate of drug-likeness (QED) is 0.583. The minimum atomic E-state index is -1.09. The molecule has 1 saturated heterocycles. The summed E-state index contributed by atoms with van der Waals surface area (Å²) in [6.07, 6.45) is -0.571. The number of ether oxygens (including phenoxy) is 1. The molecule has 4 heteroatoms. The Balaban J connectivity index is 2.45. The Labute approximate surface area is 117 Å². The van der Waals surface area contributed by atoms with E-state index in [0.29, 0.717) is 5.02 Å². The van der Waals surface area contributed by atoms with Gasteiger partial charge in [0.05, 0.1) is 5.41 Å². The highest BCUT2D eigenvalue weighted by molar-refractivity contribution is 6.30. The Morgan fingerprint density at radius 1 is 1.05 bits per heavy atom. The van der Waals surface area contributed by atoms with Gasteiger partial charge in [-0.15, -0.1) is 0 Å². The van der Waals surface area contributed by atoms with E-state index in [1.807, 2.05) is 13.8 Å². The van der Waals surface area contributed by atoms with Gasteiger partial charge < -0.3 is 4.74 Å². The van der Waals surface area contributed by atoms with Crippen molar-refractivity contribution >= 4 is 23.4 Å². The summed E-state index contributed by atoms with van der Waals surface area (Å²) in [4.78, 5) is 24.5. The van der Waals surface area contributed by atoms with Crippen LogP contribution >= 0.6 is 11.6 Å². The molecule has 1 aromatic rings. The SMILES string of the molecule is CC1(C)C(=O)O[C@H](c2ccc(Cl)cc2)C(C)(C)C1=O. The molecule has 0 aliphatic carbocycles. The van der Waals surface area contributed by atoms with Gasteiger partial charge in [-0.1, -0.05) is 23.7 Å². The molecule has 0 unspecified atom stereocenters. The van der Waals surface area contributed by atoms with Crippen LogP contribution in [0.3, 0.4) is 0 Å². The molecule has 102 valence electrons. The fourth-order valence-electron chi connectivity index (χ4n) is 2.54. The Kier molecular flexibility index (Phi) is 3.21. The van der Waals surface area contributed by atoms with E-state index in [2.05, 4.69) is 0 Å². The zero-order chi connectivity index (χ0) is 14.4. The molecule has 0 bridgehead atoms. The largest absolute Gasteiger partial charge is 0.456 e. The first kappa shape index (κ1) is 14.1. The van der Waals surface area contributed by atoms with Gasteiger partial charge in [-0.3, -0.25) is 9.59 Å². The van der Waals surface area contributed by atoms with Crippen molar-refractivity contribution in [2.75, 3.05) is 0 Å². The molecule has 0 N–H and O–H groups in total. The van der Waals surface area contributed by atoms with E-state index in [1.165, 1.54) is 0 Å². The molecule has 1 aliphatic rings. The normalized spacial score (nSPS) is 25.0. The van der Waals surface area contributed by atoms with E-state index in [9.17, 15) is 9.59 Å². The molecule has 1 aromatic carbocycles. The summed E-state index contributed by atoms with van der Waals surface area (Å²) >= 11 is 5.85. The second kappa shape index (κ2) is 4.34. The van der Waals surface area contributed by atoms with Crippen LogP contribution in [0.2, 0.25) is 5.02 Å². The molecular weight excluding hydrogens is 264 g/mol. The lowest BCUT2D eigenvalue weighted by molar-refractivity contribution is -0.186. The summed E-state index contributed by atoms with van der Waals surface area (Å²) in [6.45, 7) is 6.83. The van der Waals surface area contributed by atoms with Crippen LogP contribution in [0, 0.1) is 10.8 Å². The summed E-state index contributed by atoms with van der Waals surface area (Å²) < 4.78 is 5.51. The van der Waals surface area contributed by atoms with Crippen molar-refractivity contribution in [3.8, 4) is 0 Å². The first-order chi connectivity index (χ1) is 8.67. The first-order valence-electron chi connectivity index (χ1n) is 6.19. The maximum Gasteiger partial charge on any atom is 0.319 e. The Morgan fingerprint density at radius 2 is 1.58 bits per heavy atom. The molecular formula is C15H17ClO3. The summed E-state index contributed by atoms with van der Waals surface area (Å²) in [5.74, 6) is -0.576. The van der Waals surface area contributed by atoms with Gasteiger partial charge >= 0.3 is 5.97 Å². The highest BCUT2D eigenvalue weighted by Crippen LogP contribution is 2.47. The minimum Gasteiger partial charge on any atom is -0.456 e. The van der Waals surface area contributed by atoms with Crippen molar-refractivity contribution in [3.63, 3.8) is 0 Å².